The molecule has 5 rings (SSSR count). The van der Waals surface area contributed by atoms with Gasteiger partial charge in [0.15, 0.2) is 0 Å². The Morgan fingerprint density at radius 3 is 2.61 bits per heavy atom. The number of fused-ring (bicyclic) bond motifs is 2. The van der Waals surface area contributed by atoms with Crippen LogP contribution in [0.1, 0.15) is 23.2 Å². The molecule has 4 heterocycles. The fraction of sp³-hybridized carbons (Fsp3) is 0.421. The zero-order valence-corrected chi connectivity index (χ0v) is 13.5. The highest BCUT2D eigenvalue weighted by Gasteiger charge is 2.44. The predicted octanol–water partition coefficient (Wildman–Crippen LogP) is 2.99. The molecular weight excluding hydrogens is 289 g/mol. The molecule has 3 saturated heterocycles. The minimum absolute atomic E-state index is 0.191. The van der Waals surface area contributed by atoms with Crippen LogP contribution in [0.25, 0.3) is 0 Å². The van der Waals surface area contributed by atoms with Gasteiger partial charge in [-0.1, -0.05) is 24.3 Å². The number of piperidine rings is 1. The second-order valence-corrected chi connectivity index (χ2v) is 6.77. The van der Waals surface area contributed by atoms with Gasteiger partial charge in [-0.05, 0) is 36.6 Å². The highest BCUT2D eigenvalue weighted by atomic mass is 19.1. The largest absolute Gasteiger partial charge is 0.294 e. The van der Waals surface area contributed by atoms with Gasteiger partial charge in [0.2, 0.25) is 0 Å². The number of piperazine rings is 1. The van der Waals surface area contributed by atoms with Crippen LogP contribution in [0.2, 0.25) is 0 Å². The molecule has 3 aliphatic heterocycles. The Kier molecular flexibility index (Phi) is 3.87. The van der Waals surface area contributed by atoms with Crippen molar-refractivity contribution in [2.45, 2.75) is 38.5 Å². The standard InChI is InChI=1S/C19H22FN3/c1-14-5-2-3-6-15(14)10-23-16-9-17(23)12-22(11-16)13-19-18(20)7-4-8-21-19/h2-8,16-17H,9-13H2,1H3. The SMILES string of the molecule is Cc1ccccc1CN1C2CC1CN(Cc1ncccc1F)C2. The Bertz CT molecular complexity index is 691. The Morgan fingerprint density at radius 1 is 1.09 bits per heavy atom. The lowest BCUT2D eigenvalue weighted by atomic mass is 9.86. The van der Waals surface area contributed by atoms with E-state index in [0.29, 0.717) is 24.3 Å². The van der Waals surface area contributed by atoms with Crippen molar-refractivity contribution in [2.75, 3.05) is 13.1 Å². The van der Waals surface area contributed by atoms with Crippen molar-refractivity contribution < 1.29 is 4.39 Å². The molecule has 1 aromatic carbocycles. The molecule has 2 unspecified atom stereocenters. The number of aromatic nitrogens is 1. The molecule has 120 valence electrons. The summed E-state index contributed by atoms with van der Waals surface area (Å²) in [6, 6.07) is 13.0. The summed E-state index contributed by atoms with van der Waals surface area (Å²) in [6.07, 6.45) is 2.95. The van der Waals surface area contributed by atoms with Crippen LogP contribution >= 0.6 is 0 Å². The molecule has 2 bridgehead atoms. The molecule has 0 aliphatic carbocycles. The lowest BCUT2D eigenvalue weighted by molar-refractivity contribution is -0.0780. The number of nitrogens with zero attached hydrogens (tertiary/aromatic N) is 3. The minimum atomic E-state index is -0.191. The van der Waals surface area contributed by atoms with Crippen molar-refractivity contribution in [2.24, 2.45) is 0 Å². The molecule has 0 spiro atoms. The molecule has 0 N–H and O–H groups in total. The van der Waals surface area contributed by atoms with Gasteiger partial charge in [0.05, 0.1) is 5.69 Å². The monoisotopic (exact) mass is 311 g/mol. The van der Waals surface area contributed by atoms with Crippen LogP contribution in [0.3, 0.4) is 0 Å². The van der Waals surface area contributed by atoms with Gasteiger partial charge in [0.25, 0.3) is 0 Å². The van der Waals surface area contributed by atoms with Gasteiger partial charge >= 0.3 is 0 Å². The molecule has 2 aromatic rings. The third kappa shape index (κ3) is 2.89. The average Bonchev–Trinajstić information content (AvgIpc) is 2.56. The smallest absolute Gasteiger partial charge is 0.146 e. The number of hydrogen-bond acceptors (Lipinski definition) is 3. The molecule has 0 amide bonds. The molecule has 0 saturated carbocycles. The van der Waals surface area contributed by atoms with Crippen molar-refractivity contribution in [3.05, 3.63) is 65.2 Å². The van der Waals surface area contributed by atoms with E-state index in [9.17, 15) is 4.39 Å². The number of rotatable bonds is 4. The summed E-state index contributed by atoms with van der Waals surface area (Å²) in [6.45, 7) is 5.86. The van der Waals surface area contributed by atoms with E-state index in [-0.39, 0.29) is 5.82 Å². The van der Waals surface area contributed by atoms with E-state index < -0.39 is 0 Å². The maximum Gasteiger partial charge on any atom is 0.146 e. The van der Waals surface area contributed by atoms with E-state index in [0.717, 1.165) is 19.6 Å². The van der Waals surface area contributed by atoms with Gasteiger partial charge in [0, 0.05) is 44.5 Å². The molecule has 2 atom stereocenters. The summed E-state index contributed by atoms with van der Waals surface area (Å²) in [5, 5.41) is 0. The third-order valence-electron chi connectivity index (χ3n) is 5.24. The number of halogens is 1. The Hall–Kier alpha value is -1.78. The fourth-order valence-electron chi connectivity index (χ4n) is 3.89. The lowest BCUT2D eigenvalue weighted by Gasteiger charge is -2.56. The second kappa shape index (κ2) is 6.02. The zero-order chi connectivity index (χ0) is 15.8. The molecule has 3 nitrogen and oxygen atoms in total. The van der Waals surface area contributed by atoms with Crippen molar-refractivity contribution >= 4 is 0 Å². The van der Waals surface area contributed by atoms with Crippen LogP contribution in [-0.2, 0) is 13.1 Å². The Balaban J connectivity index is 1.39. The van der Waals surface area contributed by atoms with E-state index in [4.69, 9.17) is 0 Å². The van der Waals surface area contributed by atoms with Crippen LogP contribution in [0.4, 0.5) is 4.39 Å². The van der Waals surface area contributed by atoms with Crippen LogP contribution in [-0.4, -0.2) is 40.0 Å². The number of benzene rings is 1. The number of pyridine rings is 1. The summed E-state index contributed by atoms with van der Waals surface area (Å²) < 4.78 is 13.8. The van der Waals surface area contributed by atoms with Gasteiger partial charge in [-0.15, -0.1) is 0 Å². The van der Waals surface area contributed by atoms with E-state index in [2.05, 4.69) is 46.0 Å². The summed E-state index contributed by atoms with van der Waals surface area (Å²) in [5.41, 5.74) is 3.36. The van der Waals surface area contributed by atoms with Crippen LogP contribution in [0.5, 0.6) is 0 Å². The first-order chi connectivity index (χ1) is 11.2. The summed E-state index contributed by atoms with van der Waals surface area (Å²) in [7, 11) is 0. The van der Waals surface area contributed by atoms with Crippen LogP contribution in [0.15, 0.2) is 42.6 Å². The van der Waals surface area contributed by atoms with E-state index in [1.807, 2.05) is 0 Å². The van der Waals surface area contributed by atoms with Crippen molar-refractivity contribution in [3.63, 3.8) is 0 Å². The first-order valence-electron chi connectivity index (χ1n) is 8.32. The zero-order valence-electron chi connectivity index (χ0n) is 13.5. The fourth-order valence-corrected chi connectivity index (χ4v) is 3.89. The van der Waals surface area contributed by atoms with E-state index in [1.54, 1.807) is 12.3 Å². The van der Waals surface area contributed by atoms with Gasteiger partial charge in [-0.2, -0.15) is 0 Å². The van der Waals surface area contributed by atoms with Crippen molar-refractivity contribution in [3.8, 4) is 0 Å². The van der Waals surface area contributed by atoms with E-state index >= 15 is 0 Å². The molecule has 3 aliphatic rings. The predicted molar refractivity (Wildman–Crippen MR) is 88.4 cm³/mol. The average molecular weight is 311 g/mol. The third-order valence-corrected chi connectivity index (χ3v) is 5.24. The Morgan fingerprint density at radius 2 is 1.87 bits per heavy atom. The van der Waals surface area contributed by atoms with Gasteiger partial charge in [-0.25, -0.2) is 4.39 Å². The highest BCUT2D eigenvalue weighted by molar-refractivity contribution is 5.26. The van der Waals surface area contributed by atoms with Crippen molar-refractivity contribution in [1.82, 2.24) is 14.8 Å². The topological polar surface area (TPSA) is 19.4 Å². The van der Waals surface area contributed by atoms with Gasteiger partial charge in [-0.3, -0.25) is 14.8 Å². The maximum atomic E-state index is 13.8. The number of aryl methyl sites for hydroxylation is 1. The summed E-state index contributed by atoms with van der Waals surface area (Å²) >= 11 is 0. The van der Waals surface area contributed by atoms with Gasteiger partial charge < -0.3 is 0 Å². The Labute approximate surface area is 136 Å². The molecule has 3 fully saturated rings. The quantitative estimate of drug-likeness (QED) is 0.865. The van der Waals surface area contributed by atoms with Crippen LogP contribution in [0, 0.1) is 12.7 Å². The normalized spacial score (nSPS) is 24.4. The second-order valence-electron chi connectivity index (χ2n) is 6.77. The number of hydrogen-bond donors (Lipinski definition) is 0. The maximum absolute atomic E-state index is 13.8. The molecule has 0 radical (unpaired) electrons. The summed E-state index contributed by atoms with van der Waals surface area (Å²) in [5.74, 6) is -0.191. The first-order valence-corrected chi connectivity index (χ1v) is 8.32. The van der Waals surface area contributed by atoms with E-state index in [1.165, 1.54) is 23.6 Å². The van der Waals surface area contributed by atoms with Crippen LogP contribution < -0.4 is 0 Å². The van der Waals surface area contributed by atoms with Gasteiger partial charge in [0.1, 0.15) is 5.82 Å². The molecule has 23 heavy (non-hydrogen) atoms. The summed E-state index contributed by atoms with van der Waals surface area (Å²) in [4.78, 5) is 9.13. The highest BCUT2D eigenvalue weighted by Crippen LogP contribution is 2.34. The lowest BCUT2D eigenvalue weighted by Crippen LogP contribution is -2.67. The molecular formula is C19H22FN3. The van der Waals surface area contributed by atoms with Crippen molar-refractivity contribution in [1.29, 1.82) is 0 Å². The molecule has 1 aromatic heterocycles. The minimum Gasteiger partial charge on any atom is -0.294 e. The molecule has 4 heteroatoms. The first kappa shape index (κ1) is 14.8.